The van der Waals surface area contributed by atoms with E-state index in [0.717, 1.165) is 4.47 Å². The van der Waals surface area contributed by atoms with Gasteiger partial charge in [0.1, 0.15) is 5.75 Å². The second-order valence-corrected chi connectivity index (χ2v) is 6.51. The molecule has 0 unspecified atom stereocenters. The zero-order chi connectivity index (χ0) is 13.3. The molecule has 2 aromatic rings. The minimum Gasteiger partial charge on any atom is -0.398 e. The van der Waals surface area contributed by atoms with Crippen LogP contribution in [0.5, 0.6) is 0 Å². The number of benzene rings is 1. The summed E-state index contributed by atoms with van der Waals surface area (Å²) in [7, 11) is -2.01. The Hall–Kier alpha value is -1.48. The highest BCUT2D eigenvalue weighted by Gasteiger charge is 2.21. The molecule has 0 aliphatic rings. The SMILES string of the molecule is Cn1nnc(CS(=O)(=O)c2ccc(Br)cc2N)n1. The lowest BCUT2D eigenvalue weighted by molar-refractivity contribution is 0.593. The van der Waals surface area contributed by atoms with Crippen LogP contribution in [0.3, 0.4) is 0 Å². The van der Waals surface area contributed by atoms with Gasteiger partial charge < -0.3 is 5.73 Å². The molecule has 2 rings (SSSR count). The van der Waals surface area contributed by atoms with Crippen LogP contribution in [0.1, 0.15) is 5.82 Å². The molecule has 0 bridgehead atoms. The molecule has 96 valence electrons. The second-order valence-electron chi connectivity index (χ2n) is 3.64. The normalized spacial score (nSPS) is 11.7. The summed E-state index contributed by atoms with van der Waals surface area (Å²) in [4.78, 5) is 1.27. The van der Waals surface area contributed by atoms with Crippen LogP contribution < -0.4 is 5.73 Å². The fourth-order valence-corrected chi connectivity index (χ4v) is 3.11. The third-order valence-corrected chi connectivity index (χ3v) is 4.35. The monoisotopic (exact) mass is 331 g/mol. The predicted octanol–water partition coefficient (Wildman–Crippen LogP) is 0.529. The van der Waals surface area contributed by atoms with Crippen molar-refractivity contribution in [2.24, 2.45) is 7.05 Å². The van der Waals surface area contributed by atoms with E-state index in [1.807, 2.05) is 0 Å². The largest absolute Gasteiger partial charge is 0.398 e. The quantitative estimate of drug-likeness (QED) is 0.822. The van der Waals surface area contributed by atoms with Crippen LogP contribution in [-0.4, -0.2) is 28.6 Å². The summed E-state index contributed by atoms with van der Waals surface area (Å²) in [6.07, 6.45) is 0. The average Bonchev–Trinajstić information content (AvgIpc) is 2.62. The van der Waals surface area contributed by atoms with Gasteiger partial charge >= 0.3 is 0 Å². The molecule has 0 aliphatic heterocycles. The molecule has 0 spiro atoms. The van der Waals surface area contributed by atoms with Gasteiger partial charge in [0.05, 0.1) is 17.6 Å². The van der Waals surface area contributed by atoms with Gasteiger partial charge in [0.25, 0.3) is 0 Å². The molecule has 0 amide bonds. The molecule has 0 fully saturated rings. The zero-order valence-electron chi connectivity index (χ0n) is 9.41. The molecule has 2 N–H and O–H groups in total. The fourth-order valence-electron chi connectivity index (χ4n) is 1.43. The number of hydrogen-bond donors (Lipinski definition) is 1. The van der Waals surface area contributed by atoms with E-state index in [-0.39, 0.29) is 22.2 Å². The highest BCUT2D eigenvalue weighted by Crippen LogP contribution is 2.24. The van der Waals surface area contributed by atoms with Crippen molar-refractivity contribution in [3.8, 4) is 0 Å². The number of hydrogen-bond acceptors (Lipinski definition) is 6. The Labute approximate surface area is 112 Å². The fraction of sp³-hybridized carbons (Fsp3) is 0.222. The molecule has 1 aromatic heterocycles. The number of nitrogens with two attached hydrogens (primary N) is 1. The Balaban J connectivity index is 2.36. The molecule has 18 heavy (non-hydrogen) atoms. The molecule has 1 aromatic carbocycles. The summed E-state index contributed by atoms with van der Waals surface area (Å²) in [6, 6.07) is 4.61. The Bertz CT molecular complexity index is 682. The molecule has 0 aliphatic carbocycles. The van der Waals surface area contributed by atoms with Gasteiger partial charge in [-0.25, -0.2) is 8.42 Å². The summed E-state index contributed by atoms with van der Waals surface area (Å²) >= 11 is 3.22. The Morgan fingerprint density at radius 3 is 2.72 bits per heavy atom. The second kappa shape index (κ2) is 4.65. The molecule has 0 atom stereocenters. The first-order chi connectivity index (χ1) is 8.38. The summed E-state index contributed by atoms with van der Waals surface area (Å²) in [5, 5.41) is 11.1. The Morgan fingerprint density at radius 1 is 1.44 bits per heavy atom. The van der Waals surface area contributed by atoms with Crippen molar-refractivity contribution in [2.75, 3.05) is 5.73 Å². The van der Waals surface area contributed by atoms with E-state index >= 15 is 0 Å². The first-order valence-corrected chi connectivity index (χ1v) is 7.34. The highest BCUT2D eigenvalue weighted by molar-refractivity contribution is 9.10. The van der Waals surface area contributed by atoms with Gasteiger partial charge in [-0.1, -0.05) is 15.9 Å². The van der Waals surface area contributed by atoms with Crippen LogP contribution in [-0.2, 0) is 22.6 Å². The lowest BCUT2D eigenvalue weighted by Crippen LogP contribution is -2.09. The number of aryl methyl sites for hydroxylation is 1. The van der Waals surface area contributed by atoms with Crippen LogP contribution in [0, 0.1) is 0 Å². The van der Waals surface area contributed by atoms with Crippen LogP contribution in [0.4, 0.5) is 5.69 Å². The molecular weight excluding hydrogens is 322 g/mol. The third kappa shape index (κ3) is 2.67. The standard InChI is InChI=1S/C9H10BrN5O2S/c1-15-13-9(12-14-15)5-18(16,17)8-3-2-6(10)4-7(8)11/h2-4H,5,11H2,1H3. The molecule has 0 saturated carbocycles. The van der Waals surface area contributed by atoms with Crippen molar-refractivity contribution >= 4 is 31.5 Å². The highest BCUT2D eigenvalue weighted by atomic mass is 79.9. The van der Waals surface area contributed by atoms with E-state index in [1.54, 1.807) is 13.1 Å². The molecule has 9 heteroatoms. The summed E-state index contributed by atoms with van der Waals surface area (Å²) in [6.45, 7) is 0. The van der Waals surface area contributed by atoms with Crippen LogP contribution >= 0.6 is 15.9 Å². The first-order valence-electron chi connectivity index (χ1n) is 4.89. The van der Waals surface area contributed by atoms with Gasteiger partial charge in [0.15, 0.2) is 15.7 Å². The topological polar surface area (TPSA) is 104 Å². The van der Waals surface area contributed by atoms with Crippen molar-refractivity contribution in [1.29, 1.82) is 0 Å². The lowest BCUT2D eigenvalue weighted by Gasteiger charge is -2.05. The van der Waals surface area contributed by atoms with E-state index in [2.05, 4.69) is 31.3 Å². The Kier molecular flexibility index (Phi) is 3.35. The van der Waals surface area contributed by atoms with Gasteiger partial charge in [-0.3, -0.25) is 0 Å². The maximum absolute atomic E-state index is 12.1. The average molecular weight is 332 g/mol. The van der Waals surface area contributed by atoms with E-state index in [0.29, 0.717) is 0 Å². The Morgan fingerprint density at radius 2 is 2.17 bits per heavy atom. The van der Waals surface area contributed by atoms with E-state index < -0.39 is 9.84 Å². The molecule has 7 nitrogen and oxygen atoms in total. The van der Waals surface area contributed by atoms with Crippen LogP contribution in [0.15, 0.2) is 27.6 Å². The molecule has 0 saturated heterocycles. The van der Waals surface area contributed by atoms with Crippen LogP contribution in [0.2, 0.25) is 0 Å². The van der Waals surface area contributed by atoms with Crippen molar-refractivity contribution in [2.45, 2.75) is 10.6 Å². The number of nitrogens with zero attached hydrogens (tertiary/aromatic N) is 4. The van der Waals surface area contributed by atoms with E-state index in [4.69, 9.17) is 5.73 Å². The summed E-state index contributed by atoms with van der Waals surface area (Å²) < 4.78 is 25.0. The third-order valence-electron chi connectivity index (χ3n) is 2.18. The molecular formula is C9H10BrN5O2S. The number of rotatable bonds is 3. The van der Waals surface area contributed by atoms with Gasteiger partial charge in [-0.05, 0) is 23.4 Å². The first kappa shape index (κ1) is 13.0. The summed E-state index contributed by atoms with van der Waals surface area (Å²) in [5.41, 5.74) is 5.88. The maximum atomic E-state index is 12.1. The number of aromatic nitrogens is 4. The van der Waals surface area contributed by atoms with Crippen molar-refractivity contribution in [1.82, 2.24) is 20.2 Å². The smallest absolute Gasteiger partial charge is 0.190 e. The minimum atomic E-state index is -3.57. The lowest BCUT2D eigenvalue weighted by atomic mass is 10.3. The summed E-state index contributed by atoms with van der Waals surface area (Å²) in [5.74, 6) is -0.188. The maximum Gasteiger partial charge on any atom is 0.190 e. The van der Waals surface area contributed by atoms with Crippen molar-refractivity contribution in [3.05, 3.63) is 28.5 Å². The van der Waals surface area contributed by atoms with E-state index in [1.165, 1.54) is 16.9 Å². The number of anilines is 1. The minimum absolute atomic E-state index is 0.0677. The van der Waals surface area contributed by atoms with Gasteiger partial charge in [-0.15, -0.1) is 10.2 Å². The number of nitrogen functional groups attached to an aromatic ring is 1. The van der Waals surface area contributed by atoms with Crippen molar-refractivity contribution in [3.63, 3.8) is 0 Å². The zero-order valence-corrected chi connectivity index (χ0v) is 11.8. The van der Waals surface area contributed by atoms with Gasteiger partial charge in [0.2, 0.25) is 0 Å². The number of tetrazole rings is 1. The van der Waals surface area contributed by atoms with Crippen molar-refractivity contribution < 1.29 is 8.42 Å². The van der Waals surface area contributed by atoms with Gasteiger partial charge in [-0.2, -0.15) is 4.80 Å². The molecule has 1 heterocycles. The van der Waals surface area contributed by atoms with E-state index in [9.17, 15) is 8.42 Å². The number of sulfone groups is 1. The van der Waals surface area contributed by atoms with Crippen LogP contribution in [0.25, 0.3) is 0 Å². The molecule has 0 radical (unpaired) electrons. The predicted molar refractivity (Wildman–Crippen MR) is 68.2 cm³/mol. The van der Waals surface area contributed by atoms with Gasteiger partial charge in [0, 0.05) is 4.47 Å². The number of halogens is 1.